The second-order valence-electron chi connectivity index (χ2n) is 15.3. The van der Waals surface area contributed by atoms with Crippen molar-refractivity contribution in [3.05, 3.63) is 212 Å². The van der Waals surface area contributed by atoms with E-state index in [1.54, 1.807) is 0 Å². The molecule has 0 amide bonds. The molecule has 0 aliphatic carbocycles. The lowest BCUT2D eigenvalue weighted by atomic mass is 10.0. The maximum absolute atomic E-state index is 6.78. The first-order valence-electron chi connectivity index (χ1n) is 20.3. The quantitative estimate of drug-likeness (QED) is 0.162. The highest BCUT2D eigenvalue weighted by Gasteiger charge is 2.28. The van der Waals surface area contributed by atoms with E-state index in [9.17, 15) is 0 Å². The fourth-order valence-electron chi connectivity index (χ4n) is 9.07. The first-order chi connectivity index (χ1) is 29.7. The largest absolute Gasteiger partial charge is 0.457 e. The smallest absolute Gasteiger partial charge is 0.139 e. The van der Waals surface area contributed by atoms with Gasteiger partial charge in [-0.2, -0.15) is 0 Å². The molecule has 0 saturated heterocycles. The molecule has 0 atom stereocenters. The van der Waals surface area contributed by atoms with Gasteiger partial charge in [-0.1, -0.05) is 109 Å². The van der Waals surface area contributed by atoms with Gasteiger partial charge >= 0.3 is 0 Å². The van der Waals surface area contributed by atoms with Crippen molar-refractivity contribution in [2.24, 2.45) is 0 Å². The van der Waals surface area contributed by atoms with Crippen LogP contribution in [0.15, 0.2) is 212 Å². The van der Waals surface area contributed by atoms with Crippen molar-refractivity contribution in [3.63, 3.8) is 0 Å². The summed E-state index contributed by atoms with van der Waals surface area (Å²) in [6, 6.07) is 72.7. The third-order valence-corrected chi connectivity index (χ3v) is 11.8. The second kappa shape index (κ2) is 13.8. The molecule has 0 bridgehead atoms. The zero-order chi connectivity index (χ0) is 39.6. The van der Waals surface area contributed by atoms with Gasteiger partial charge in [0.25, 0.3) is 0 Å². The van der Waals surface area contributed by atoms with E-state index in [2.05, 4.69) is 219 Å². The molecule has 0 spiro atoms. The number of hydrogen-bond acceptors (Lipinski definition) is 4. The number of pyridine rings is 1. The molecule has 1 aliphatic rings. The van der Waals surface area contributed by atoms with E-state index in [0.29, 0.717) is 6.67 Å². The minimum Gasteiger partial charge on any atom is -0.457 e. The van der Waals surface area contributed by atoms with Gasteiger partial charge in [0.15, 0.2) is 0 Å². The van der Waals surface area contributed by atoms with Crippen molar-refractivity contribution in [3.8, 4) is 34.1 Å². The van der Waals surface area contributed by atoms with Crippen LogP contribution in [-0.2, 0) is 0 Å². The molecule has 284 valence electrons. The van der Waals surface area contributed by atoms with Crippen molar-refractivity contribution in [1.29, 1.82) is 0 Å². The molecule has 4 heterocycles. The van der Waals surface area contributed by atoms with Gasteiger partial charge in [-0.15, -0.1) is 0 Å². The lowest BCUT2D eigenvalue weighted by molar-refractivity contribution is 0.483. The molecule has 0 unspecified atom stereocenters. The van der Waals surface area contributed by atoms with Crippen molar-refractivity contribution >= 4 is 66.4 Å². The number of ether oxygens (including phenoxy) is 1. The van der Waals surface area contributed by atoms with E-state index >= 15 is 0 Å². The number of benzene rings is 8. The van der Waals surface area contributed by atoms with Gasteiger partial charge in [0.2, 0.25) is 0 Å². The lowest BCUT2D eigenvalue weighted by Crippen LogP contribution is -2.23. The fraction of sp³-hybridized carbons (Fsp3) is 0.0185. The maximum Gasteiger partial charge on any atom is 0.139 e. The SMILES string of the molecule is c1ccc(-c2ccc3c(c2)c2ccc(Oc4cccc(N5CN(c6ccccc6)c6ccccc65)c4)cc2n3-c2cc3c(cn2)c2ccccc2n3-c2ccccc2)cc1. The number of nitrogens with zero attached hydrogens (tertiary/aromatic N) is 5. The minimum absolute atomic E-state index is 0.699. The topological polar surface area (TPSA) is 38.5 Å². The van der Waals surface area contributed by atoms with Crippen LogP contribution in [0.3, 0.4) is 0 Å². The van der Waals surface area contributed by atoms with Crippen LogP contribution in [0.25, 0.3) is 66.2 Å². The molecule has 11 aromatic rings. The van der Waals surface area contributed by atoms with Gasteiger partial charge in [0.05, 0.1) is 33.4 Å². The minimum atomic E-state index is 0.699. The third-order valence-electron chi connectivity index (χ3n) is 11.8. The summed E-state index contributed by atoms with van der Waals surface area (Å²) >= 11 is 0. The van der Waals surface area contributed by atoms with E-state index in [4.69, 9.17) is 9.72 Å². The van der Waals surface area contributed by atoms with Gasteiger partial charge in [0, 0.05) is 63.0 Å². The Morgan fingerprint density at radius 2 is 0.983 bits per heavy atom. The van der Waals surface area contributed by atoms with Crippen LogP contribution >= 0.6 is 0 Å². The van der Waals surface area contributed by atoms with Gasteiger partial charge < -0.3 is 19.1 Å². The van der Waals surface area contributed by atoms with E-state index in [1.165, 1.54) is 22.2 Å². The number of aromatic nitrogens is 3. The molecule has 0 N–H and O–H groups in total. The van der Waals surface area contributed by atoms with E-state index in [-0.39, 0.29) is 0 Å². The van der Waals surface area contributed by atoms with Gasteiger partial charge in [0.1, 0.15) is 24.0 Å². The van der Waals surface area contributed by atoms with Gasteiger partial charge in [-0.3, -0.25) is 4.57 Å². The first kappa shape index (κ1) is 34.0. The highest BCUT2D eigenvalue weighted by atomic mass is 16.5. The normalized spacial score (nSPS) is 12.5. The molecular weight excluding hydrogens is 735 g/mol. The van der Waals surface area contributed by atoms with Crippen molar-refractivity contribution in [1.82, 2.24) is 14.1 Å². The van der Waals surface area contributed by atoms with Crippen LogP contribution in [0, 0.1) is 0 Å². The standard InChI is InChI=1S/C54H37N5O/c1-4-15-37(16-5-1)38-27-30-49-46(31-38)45-29-28-43(60-42-22-14-21-41(32-42)57-36-56(39-17-6-2-7-18-39)50-25-12-13-26-51(50)57)33-52(45)59(49)54-34-53-47(35-55-54)44-23-10-11-24-48(44)58(53)40-19-8-3-9-20-40/h1-35H,36H2. The second-order valence-corrected chi connectivity index (χ2v) is 15.3. The summed E-state index contributed by atoms with van der Waals surface area (Å²) in [5.41, 5.74) is 12.4. The number of rotatable bonds is 7. The number of anilines is 4. The van der Waals surface area contributed by atoms with Crippen LogP contribution in [0.4, 0.5) is 22.7 Å². The van der Waals surface area contributed by atoms with Crippen LogP contribution < -0.4 is 14.5 Å². The summed E-state index contributed by atoms with van der Waals surface area (Å²) in [6.07, 6.45) is 2.03. The van der Waals surface area contributed by atoms with Crippen LogP contribution in [0.5, 0.6) is 11.5 Å². The monoisotopic (exact) mass is 771 g/mol. The Morgan fingerprint density at radius 1 is 0.367 bits per heavy atom. The third kappa shape index (κ3) is 5.53. The van der Waals surface area contributed by atoms with Gasteiger partial charge in [-0.05, 0) is 90.0 Å². The van der Waals surface area contributed by atoms with E-state index in [1.807, 2.05) is 12.3 Å². The predicted molar refractivity (Wildman–Crippen MR) is 247 cm³/mol. The molecule has 12 rings (SSSR count). The highest BCUT2D eigenvalue weighted by molar-refractivity contribution is 6.12. The summed E-state index contributed by atoms with van der Waals surface area (Å²) in [6.45, 7) is 0.699. The fourth-order valence-corrected chi connectivity index (χ4v) is 9.07. The Labute approximate surface area is 347 Å². The zero-order valence-corrected chi connectivity index (χ0v) is 32.6. The Hall–Kier alpha value is -8.09. The Morgan fingerprint density at radius 3 is 1.78 bits per heavy atom. The number of hydrogen-bond donors (Lipinski definition) is 0. The molecule has 1 aliphatic heterocycles. The Kier molecular flexibility index (Phi) is 7.81. The average Bonchev–Trinajstić information content (AvgIpc) is 3.97. The van der Waals surface area contributed by atoms with Crippen LogP contribution in [0.1, 0.15) is 0 Å². The first-order valence-corrected chi connectivity index (χ1v) is 20.3. The van der Waals surface area contributed by atoms with E-state index in [0.717, 1.165) is 78.3 Å². The Balaban J connectivity index is 0.989. The molecule has 3 aromatic heterocycles. The molecule has 6 nitrogen and oxygen atoms in total. The molecular formula is C54H37N5O. The van der Waals surface area contributed by atoms with Crippen molar-refractivity contribution in [2.75, 3.05) is 16.5 Å². The highest BCUT2D eigenvalue weighted by Crippen LogP contribution is 2.45. The number of para-hydroxylation sites is 5. The summed E-state index contributed by atoms with van der Waals surface area (Å²) in [7, 11) is 0. The zero-order valence-electron chi connectivity index (χ0n) is 32.6. The van der Waals surface area contributed by atoms with E-state index < -0.39 is 0 Å². The maximum atomic E-state index is 6.78. The molecule has 0 fully saturated rings. The molecule has 0 radical (unpaired) electrons. The number of fused-ring (bicyclic) bond motifs is 7. The van der Waals surface area contributed by atoms with Gasteiger partial charge in [-0.25, -0.2) is 4.98 Å². The van der Waals surface area contributed by atoms with Crippen molar-refractivity contribution in [2.45, 2.75) is 0 Å². The summed E-state index contributed by atoms with van der Waals surface area (Å²) in [5, 5.41) is 4.57. The summed E-state index contributed by atoms with van der Waals surface area (Å²) in [4.78, 5) is 9.90. The van der Waals surface area contributed by atoms with Crippen LogP contribution in [-0.4, -0.2) is 20.8 Å². The molecule has 0 saturated carbocycles. The molecule has 8 aromatic carbocycles. The summed E-state index contributed by atoms with van der Waals surface area (Å²) in [5.74, 6) is 2.35. The molecule has 6 heteroatoms. The lowest BCUT2D eigenvalue weighted by Gasteiger charge is -2.22. The molecule has 60 heavy (non-hydrogen) atoms. The average molecular weight is 772 g/mol. The summed E-state index contributed by atoms with van der Waals surface area (Å²) < 4.78 is 11.4. The predicted octanol–water partition coefficient (Wildman–Crippen LogP) is 14.0. The Bertz CT molecular complexity index is 3390. The van der Waals surface area contributed by atoms with Crippen LogP contribution in [0.2, 0.25) is 0 Å². The van der Waals surface area contributed by atoms with Crippen molar-refractivity contribution < 1.29 is 4.74 Å².